The standard InChI is InChI=1S/C17H18ClFN6O/c1-9(2)8-21-17-23-14-11(5-6-20-16(14)24-17)15(25-26)22-10-3-4-13(19)12(18)7-10/h3-7,9,26H,8H2,1-2H3,(H,22,25)(H2,20,21,23,24). The Morgan fingerprint density at radius 2 is 2.19 bits per heavy atom. The highest BCUT2D eigenvalue weighted by Crippen LogP contribution is 2.23. The average molecular weight is 377 g/mol. The molecule has 3 aromatic rings. The third-order valence-corrected chi connectivity index (χ3v) is 3.86. The molecule has 0 unspecified atom stereocenters. The van der Waals surface area contributed by atoms with Crippen molar-refractivity contribution in [2.24, 2.45) is 10.9 Å². The van der Waals surface area contributed by atoms with Crippen molar-refractivity contribution in [2.75, 3.05) is 11.9 Å². The SMILES string of the molecule is CC(C)CNc1nc2nccc(C(=Nc3ccc(F)c(Cl)c3)NO)c2[nH]1. The van der Waals surface area contributed by atoms with Crippen LogP contribution < -0.4 is 10.8 Å². The Hall–Kier alpha value is -2.71. The number of hydroxylamine groups is 1. The Kier molecular flexibility index (Phi) is 5.34. The molecule has 9 heteroatoms. The van der Waals surface area contributed by atoms with Crippen LogP contribution in [-0.2, 0) is 0 Å². The quantitative estimate of drug-likeness (QED) is 0.308. The third-order valence-electron chi connectivity index (χ3n) is 3.57. The molecule has 0 saturated heterocycles. The molecule has 0 amide bonds. The number of nitrogens with one attached hydrogen (secondary N) is 3. The molecule has 7 nitrogen and oxygen atoms in total. The van der Waals surface area contributed by atoms with Crippen LogP contribution >= 0.6 is 11.6 Å². The number of imidazole rings is 1. The average Bonchev–Trinajstić information content (AvgIpc) is 3.04. The minimum absolute atomic E-state index is 0.0508. The molecule has 0 aliphatic heterocycles. The lowest BCUT2D eigenvalue weighted by molar-refractivity contribution is 0.235. The van der Waals surface area contributed by atoms with E-state index >= 15 is 0 Å². The summed E-state index contributed by atoms with van der Waals surface area (Å²) in [5, 5.41) is 12.7. The maximum atomic E-state index is 13.3. The van der Waals surface area contributed by atoms with Gasteiger partial charge in [0.2, 0.25) is 5.95 Å². The second-order valence-electron chi connectivity index (χ2n) is 6.09. The van der Waals surface area contributed by atoms with E-state index in [4.69, 9.17) is 11.6 Å². The molecule has 0 atom stereocenters. The highest BCUT2D eigenvalue weighted by molar-refractivity contribution is 6.31. The number of fused-ring (bicyclic) bond motifs is 1. The van der Waals surface area contributed by atoms with Gasteiger partial charge in [0.25, 0.3) is 0 Å². The summed E-state index contributed by atoms with van der Waals surface area (Å²) in [7, 11) is 0. The van der Waals surface area contributed by atoms with Crippen LogP contribution in [0.2, 0.25) is 5.02 Å². The van der Waals surface area contributed by atoms with Crippen LogP contribution in [0.5, 0.6) is 0 Å². The summed E-state index contributed by atoms with van der Waals surface area (Å²) in [5.41, 5.74) is 4.10. The van der Waals surface area contributed by atoms with Crippen molar-refractivity contribution in [3.05, 3.63) is 46.9 Å². The third kappa shape index (κ3) is 3.92. The van der Waals surface area contributed by atoms with Gasteiger partial charge in [0, 0.05) is 18.3 Å². The molecule has 3 rings (SSSR count). The summed E-state index contributed by atoms with van der Waals surface area (Å²) in [4.78, 5) is 16.0. The first-order chi connectivity index (χ1) is 12.5. The molecule has 2 aromatic heterocycles. The first kappa shape index (κ1) is 18.1. The van der Waals surface area contributed by atoms with Gasteiger partial charge < -0.3 is 10.3 Å². The van der Waals surface area contributed by atoms with E-state index in [-0.39, 0.29) is 10.9 Å². The first-order valence-electron chi connectivity index (χ1n) is 8.00. The molecule has 0 radical (unpaired) electrons. The lowest BCUT2D eigenvalue weighted by Crippen LogP contribution is -2.20. The predicted molar refractivity (Wildman–Crippen MR) is 99.7 cm³/mol. The minimum Gasteiger partial charge on any atom is -0.355 e. The molecule has 0 aliphatic rings. The number of rotatable bonds is 5. The Balaban J connectivity index is 2.01. The lowest BCUT2D eigenvalue weighted by atomic mass is 10.2. The zero-order chi connectivity index (χ0) is 18.7. The van der Waals surface area contributed by atoms with Crippen molar-refractivity contribution in [2.45, 2.75) is 13.8 Å². The summed E-state index contributed by atoms with van der Waals surface area (Å²) >= 11 is 5.78. The molecule has 0 bridgehead atoms. The van der Waals surface area contributed by atoms with Crippen molar-refractivity contribution >= 4 is 40.2 Å². The van der Waals surface area contributed by atoms with Crippen LogP contribution in [-0.4, -0.2) is 32.5 Å². The van der Waals surface area contributed by atoms with Gasteiger partial charge in [0.15, 0.2) is 11.5 Å². The number of benzene rings is 1. The van der Waals surface area contributed by atoms with Gasteiger partial charge in [-0.1, -0.05) is 25.4 Å². The number of hydrogen-bond donors (Lipinski definition) is 4. The van der Waals surface area contributed by atoms with Crippen molar-refractivity contribution in [1.82, 2.24) is 20.4 Å². The molecule has 0 spiro atoms. The predicted octanol–water partition coefficient (Wildman–Crippen LogP) is 3.88. The highest BCUT2D eigenvalue weighted by Gasteiger charge is 2.13. The monoisotopic (exact) mass is 376 g/mol. The smallest absolute Gasteiger partial charge is 0.202 e. The zero-order valence-electron chi connectivity index (χ0n) is 14.2. The second kappa shape index (κ2) is 7.67. The molecular formula is C17H18ClFN6O. The number of anilines is 1. The Bertz CT molecular complexity index is 956. The minimum atomic E-state index is -0.537. The fourth-order valence-electron chi connectivity index (χ4n) is 2.32. The highest BCUT2D eigenvalue weighted by atomic mass is 35.5. The van der Waals surface area contributed by atoms with Crippen LogP contribution in [0.1, 0.15) is 19.4 Å². The summed E-state index contributed by atoms with van der Waals surface area (Å²) in [6.45, 7) is 4.93. The van der Waals surface area contributed by atoms with E-state index < -0.39 is 5.82 Å². The number of aromatic amines is 1. The largest absolute Gasteiger partial charge is 0.355 e. The van der Waals surface area contributed by atoms with E-state index in [0.29, 0.717) is 34.3 Å². The Morgan fingerprint density at radius 1 is 1.38 bits per heavy atom. The first-order valence-corrected chi connectivity index (χ1v) is 8.38. The van der Waals surface area contributed by atoms with Crippen LogP contribution in [0, 0.1) is 11.7 Å². The van der Waals surface area contributed by atoms with E-state index in [1.165, 1.54) is 18.2 Å². The van der Waals surface area contributed by atoms with Gasteiger partial charge in [0.1, 0.15) is 5.82 Å². The lowest BCUT2D eigenvalue weighted by Gasteiger charge is -2.06. The number of amidine groups is 1. The summed E-state index contributed by atoms with van der Waals surface area (Å²) in [5.74, 6) is 0.648. The molecule has 2 heterocycles. The summed E-state index contributed by atoms with van der Waals surface area (Å²) in [6, 6.07) is 5.72. The molecule has 136 valence electrons. The van der Waals surface area contributed by atoms with Crippen LogP contribution in [0.25, 0.3) is 11.2 Å². The Morgan fingerprint density at radius 3 is 2.88 bits per heavy atom. The molecule has 0 fully saturated rings. The van der Waals surface area contributed by atoms with Gasteiger partial charge in [-0.2, -0.15) is 4.98 Å². The number of pyridine rings is 1. The number of nitrogens with zero attached hydrogens (tertiary/aromatic N) is 3. The van der Waals surface area contributed by atoms with Crippen LogP contribution in [0.3, 0.4) is 0 Å². The van der Waals surface area contributed by atoms with Gasteiger partial charge in [0.05, 0.1) is 16.2 Å². The normalized spacial score (nSPS) is 12.0. The Labute approximate surface area is 154 Å². The number of aromatic nitrogens is 3. The fraction of sp³-hybridized carbons (Fsp3) is 0.235. The van der Waals surface area contributed by atoms with E-state index in [1.807, 2.05) is 0 Å². The van der Waals surface area contributed by atoms with Crippen molar-refractivity contribution in [1.29, 1.82) is 0 Å². The second-order valence-corrected chi connectivity index (χ2v) is 6.50. The van der Waals surface area contributed by atoms with Gasteiger partial charge in [-0.05, 0) is 30.2 Å². The molecule has 26 heavy (non-hydrogen) atoms. The number of hydrogen-bond acceptors (Lipinski definition) is 5. The maximum Gasteiger partial charge on any atom is 0.202 e. The maximum absolute atomic E-state index is 13.3. The van der Waals surface area contributed by atoms with Crippen LogP contribution in [0.15, 0.2) is 35.5 Å². The summed E-state index contributed by atoms with van der Waals surface area (Å²) < 4.78 is 13.3. The van der Waals surface area contributed by atoms with E-state index in [1.54, 1.807) is 12.3 Å². The topological polar surface area (TPSA) is 98.2 Å². The van der Waals surface area contributed by atoms with Gasteiger partial charge >= 0.3 is 0 Å². The fourth-order valence-corrected chi connectivity index (χ4v) is 2.50. The number of H-pyrrole nitrogens is 1. The number of aliphatic imine (C=N–C) groups is 1. The van der Waals surface area contributed by atoms with E-state index in [2.05, 4.69) is 44.6 Å². The molecule has 0 saturated carbocycles. The molecular weight excluding hydrogens is 359 g/mol. The van der Waals surface area contributed by atoms with Crippen molar-refractivity contribution in [3.8, 4) is 0 Å². The molecule has 0 aliphatic carbocycles. The molecule has 4 N–H and O–H groups in total. The summed E-state index contributed by atoms with van der Waals surface area (Å²) in [6.07, 6.45) is 1.56. The van der Waals surface area contributed by atoms with Gasteiger partial charge in [-0.25, -0.2) is 14.4 Å². The van der Waals surface area contributed by atoms with Gasteiger partial charge in [-0.3, -0.25) is 10.7 Å². The zero-order valence-corrected chi connectivity index (χ0v) is 15.0. The van der Waals surface area contributed by atoms with E-state index in [9.17, 15) is 9.60 Å². The van der Waals surface area contributed by atoms with Crippen LogP contribution in [0.4, 0.5) is 16.0 Å². The number of halogens is 2. The van der Waals surface area contributed by atoms with Crippen molar-refractivity contribution < 1.29 is 9.60 Å². The van der Waals surface area contributed by atoms with E-state index in [0.717, 1.165) is 6.54 Å². The van der Waals surface area contributed by atoms with Gasteiger partial charge in [-0.15, -0.1) is 0 Å². The van der Waals surface area contributed by atoms with Crippen molar-refractivity contribution in [3.63, 3.8) is 0 Å². The molecule has 1 aromatic carbocycles.